The second-order valence-electron chi connectivity index (χ2n) is 3.93. The third-order valence-electron chi connectivity index (χ3n) is 2.12. The zero-order valence-electron chi connectivity index (χ0n) is 8.38. The highest BCUT2D eigenvalue weighted by molar-refractivity contribution is 5.14. The van der Waals surface area contributed by atoms with Gasteiger partial charge in [-0.1, -0.05) is 30.3 Å². The minimum absolute atomic E-state index is 0.0237. The first kappa shape index (κ1) is 10.2. The Morgan fingerprint density at radius 3 is 2.38 bits per heavy atom. The minimum Gasteiger partial charge on any atom is -0.329 e. The highest BCUT2D eigenvalue weighted by atomic mass is 15.0. The van der Waals surface area contributed by atoms with Gasteiger partial charge in [0, 0.05) is 18.6 Å². The fraction of sp³-hybridized carbons (Fsp3) is 0.455. The lowest BCUT2D eigenvalue weighted by molar-refractivity contribution is 0.397. The second-order valence-corrected chi connectivity index (χ2v) is 3.93. The molecule has 13 heavy (non-hydrogen) atoms. The van der Waals surface area contributed by atoms with Crippen LogP contribution in [0.4, 0.5) is 0 Å². The first-order valence-electron chi connectivity index (χ1n) is 4.63. The van der Waals surface area contributed by atoms with Gasteiger partial charge in [-0.25, -0.2) is 0 Å². The molecule has 0 saturated carbocycles. The normalized spacial score (nSPS) is 11.6. The molecule has 2 heteroatoms. The number of hydrogen-bond donors (Lipinski definition) is 2. The van der Waals surface area contributed by atoms with Gasteiger partial charge in [0.1, 0.15) is 0 Å². The largest absolute Gasteiger partial charge is 0.329 e. The lowest BCUT2D eigenvalue weighted by Gasteiger charge is -2.24. The van der Waals surface area contributed by atoms with E-state index in [9.17, 15) is 0 Å². The monoisotopic (exact) mass is 178 g/mol. The lowest BCUT2D eigenvalue weighted by atomic mass is 10.1. The van der Waals surface area contributed by atoms with E-state index < -0.39 is 0 Å². The van der Waals surface area contributed by atoms with Gasteiger partial charge in [0.05, 0.1) is 0 Å². The Morgan fingerprint density at radius 1 is 1.23 bits per heavy atom. The van der Waals surface area contributed by atoms with E-state index in [4.69, 9.17) is 5.73 Å². The van der Waals surface area contributed by atoms with Crippen LogP contribution in [-0.4, -0.2) is 12.1 Å². The van der Waals surface area contributed by atoms with Crippen LogP contribution < -0.4 is 11.1 Å². The van der Waals surface area contributed by atoms with Crippen LogP contribution in [0.5, 0.6) is 0 Å². The molecule has 0 aliphatic heterocycles. The van der Waals surface area contributed by atoms with Crippen molar-refractivity contribution in [1.82, 2.24) is 5.32 Å². The van der Waals surface area contributed by atoms with Gasteiger partial charge in [0.25, 0.3) is 0 Å². The van der Waals surface area contributed by atoms with E-state index in [0.717, 1.165) is 6.54 Å². The van der Waals surface area contributed by atoms with E-state index in [2.05, 4.69) is 31.3 Å². The van der Waals surface area contributed by atoms with Crippen molar-refractivity contribution in [2.24, 2.45) is 5.73 Å². The molecule has 1 aromatic rings. The van der Waals surface area contributed by atoms with Crippen molar-refractivity contribution < 1.29 is 0 Å². The molecule has 0 radical (unpaired) electrons. The molecule has 0 atom stereocenters. The van der Waals surface area contributed by atoms with Crippen LogP contribution in [0, 0.1) is 0 Å². The Balaban J connectivity index is 2.44. The molecule has 1 aromatic carbocycles. The standard InChI is InChI=1S/C11H18N2/c1-11(2,9-12)13-8-10-6-4-3-5-7-10/h3-7,13H,8-9,12H2,1-2H3. The van der Waals surface area contributed by atoms with Crippen molar-refractivity contribution in [2.45, 2.75) is 25.9 Å². The molecular formula is C11H18N2. The third kappa shape index (κ3) is 3.57. The second kappa shape index (κ2) is 4.40. The first-order chi connectivity index (χ1) is 6.14. The van der Waals surface area contributed by atoms with Crippen LogP contribution in [0.3, 0.4) is 0 Å². The summed E-state index contributed by atoms with van der Waals surface area (Å²) in [6.07, 6.45) is 0. The van der Waals surface area contributed by atoms with E-state index >= 15 is 0 Å². The molecule has 1 rings (SSSR count). The summed E-state index contributed by atoms with van der Waals surface area (Å²) >= 11 is 0. The Hall–Kier alpha value is -0.860. The van der Waals surface area contributed by atoms with Gasteiger partial charge >= 0.3 is 0 Å². The summed E-state index contributed by atoms with van der Waals surface area (Å²) in [5.41, 5.74) is 6.93. The van der Waals surface area contributed by atoms with E-state index in [-0.39, 0.29) is 5.54 Å². The van der Waals surface area contributed by atoms with Crippen LogP contribution >= 0.6 is 0 Å². The Bertz CT molecular complexity index is 242. The van der Waals surface area contributed by atoms with E-state index in [0.29, 0.717) is 6.54 Å². The molecule has 0 bridgehead atoms. The van der Waals surface area contributed by atoms with Crippen molar-refractivity contribution in [3.05, 3.63) is 35.9 Å². The number of nitrogens with two attached hydrogens (primary N) is 1. The zero-order chi connectivity index (χ0) is 9.73. The van der Waals surface area contributed by atoms with Crippen LogP contribution in [-0.2, 0) is 6.54 Å². The summed E-state index contributed by atoms with van der Waals surface area (Å²) < 4.78 is 0. The highest BCUT2D eigenvalue weighted by Crippen LogP contribution is 2.03. The molecule has 0 heterocycles. The first-order valence-corrected chi connectivity index (χ1v) is 4.63. The average Bonchev–Trinajstić information content (AvgIpc) is 2.17. The molecule has 0 aliphatic rings. The van der Waals surface area contributed by atoms with Crippen molar-refractivity contribution in [2.75, 3.05) is 6.54 Å². The quantitative estimate of drug-likeness (QED) is 0.733. The minimum atomic E-state index is 0.0237. The van der Waals surface area contributed by atoms with Gasteiger partial charge in [-0.3, -0.25) is 0 Å². The van der Waals surface area contributed by atoms with Gasteiger partial charge in [-0.05, 0) is 19.4 Å². The number of nitrogens with one attached hydrogen (secondary N) is 1. The summed E-state index contributed by atoms with van der Waals surface area (Å²) in [5, 5.41) is 3.40. The molecular weight excluding hydrogens is 160 g/mol. The summed E-state index contributed by atoms with van der Waals surface area (Å²) in [4.78, 5) is 0. The number of rotatable bonds is 4. The maximum atomic E-state index is 5.61. The van der Waals surface area contributed by atoms with E-state index in [1.807, 2.05) is 18.2 Å². The molecule has 0 amide bonds. The molecule has 3 N–H and O–H groups in total. The molecule has 0 fully saturated rings. The summed E-state index contributed by atoms with van der Waals surface area (Å²) in [5.74, 6) is 0. The number of hydrogen-bond acceptors (Lipinski definition) is 2. The molecule has 0 aliphatic carbocycles. The fourth-order valence-electron chi connectivity index (χ4n) is 1.01. The van der Waals surface area contributed by atoms with E-state index in [1.165, 1.54) is 5.56 Å². The summed E-state index contributed by atoms with van der Waals surface area (Å²) in [7, 11) is 0. The Kier molecular flexibility index (Phi) is 3.46. The molecule has 0 unspecified atom stereocenters. The lowest BCUT2D eigenvalue weighted by Crippen LogP contribution is -2.45. The zero-order valence-corrected chi connectivity index (χ0v) is 8.38. The van der Waals surface area contributed by atoms with Crippen LogP contribution in [0.15, 0.2) is 30.3 Å². The van der Waals surface area contributed by atoms with Crippen LogP contribution in [0.1, 0.15) is 19.4 Å². The predicted molar refractivity (Wildman–Crippen MR) is 56.4 cm³/mol. The maximum Gasteiger partial charge on any atom is 0.0250 e. The van der Waals surface area contributed by atoms with E-state index in [1.54, 1.807) is 0 Å². The topological polar surface area (TPSA) is 38.0 Å². The maximum absolute atomic E-state index is 5.61. The summed E-state index contributed by atoms with van der Waals surface area (Å²) in [6.45, 7) is 5.75. The van der Waals surface area contributed by atoms with Crippen LogP contribution in [0.2, 0.25) is 0 Å². The SMILES string of the molecule is CC(C)(CN)NCc1ccccc1. The highest BCUT2D eigenvalue weighted by Gasteiger charge is 2.13. The number of benzene rings is 1. The van der Waals surface area contributed by atoms with Gasteiger partial charge in [0.2, 0.25) is 0 Å². The van der Waals surface area contributed by atoms with Crippen LogP contribution in [0.25, 0.3) is 0 Å². The molecule has 0 aromatic heterocycles. The van der Waals surface area contributed by atoms with Gasteiger partial charge in [-0.2, -0.15) is 0 Å². The van der Waals surface area contributed by atoms with Gasteiger partial charge in [-0.15, -0.1) is 0 Å². The van der Waals surface area contributed by atoms with Gasteiger partial charge < -0.3 is 11.1 Å². The Morgan fingerprint density at radius 2 is 1.85 bits per heavy atom. The third-order valence-corrected chi connectivity index (χ3v) is 2.12. The molecule has 72 valence electrons. The van der Waals surface area contributed by atoms with Crippen molar-refractivity contribution >= 4 is 0 Å². The van der Waals surface area contributed by atoms with Crippen molar-refractivity contribution in [3.8, 4) is 0 Å². The van der Waals surface area contributed by atoms with Crippen molar-refractivity contribution in [3.63, 3.8) is 0 Å². The van der Waals surface area contributed by atoms with Crippen molar-refractivity contribution in [1.29, 1.82) is 0 Å². The average molecular weight is 178 g/mol. The predicted octanol–water partition coefficient (Wildman–Crippen LogP) is 1.51. The summed E-state index contributed by atoms with van der Waals surface area (Å²) in [6, 6.07) is 10.3. The molecule has 2 nitrogen and oxygen atoms in total. The smallest absolute Gasteiger partial charge is 0.0250 e. The fourth-order valence-corrected chi connectivity index (χ4v) is 1.01. The molecule has 0 spiro atoms. The van der Waals surface area contributed by atoms with Gasteiger partial charge in [0.15, 0.2) is 0 Å². The molecule has 0 saturated heterocycles. The Labute approximate surface area is 80.1 Å².